The molecular weight excluding hydrogens is 170 g/mol. The van der Waals surface area contributed by atoms with E-state index >= 15 is 0 Å². The van der Waals surface area contributed by atoms with Gasteiger partial charge in [0, 0.05) is 12.1 Å². The third-order valence-electron chi connectivity index (χ3n) is 3.83. The van der Waals surface area contributed by atoms with E-state index in [2.05, 4.69) is 32.6 Å². The molecule has 1 heteroatoms. The maximum Gasteiger partial charge on any atom is 0.00723 e. The van der Waals surface area contributed by atoms with Crippen LogP contribution in [0.2, 0.25) is 0 Å². The Hall–Kier alpha value is -0.0400. The Bertz CT molecular complexity index is 143. The lowest BCUT2D eigenvalue weighted by Gasteiger charge is -2.42. The van der Waals surface area contributed by atoms with Crippen LogP contribution in [0, 0.1) is 5.92 Å². The molecule has 0 aromatic rings. The number of rotatable bonds is 4. The minimum atomic E-state index is 0.815. The van der Waals surface area contributed by atoms with Gasteiger partial charge in [-0.15, -0.1) is 0 Å². The summed E-state index contributed by atoms with van der Waals surface area (Å²) in [5.74, 6) is 0.984. The van der Waals surface area contributed by atoms with Crippen LogP contribution in [0.4, 0.5) is 0 Å². The first-order valence-corrected chi connectivity index (χ1v) is 6.44. The van der Waals surface area contributed by atoms with Gasteiger partial charge in [-0.1, -0.05) is 26.7 Å². The van der Waals surface area contributed by atoms with Crippen LogP contribution >= 0.6 is 0 Å². The van der Waals surface area contributed by atoms with Gasteiger partial charge in [0.2, 0.25) is 0 Å². The predicted molar refractivity (Wildman–Crippen MR) is 63.6 cm³/mol. The minimum absolute atomic E-state index is 0.815. The van der Waals surface area contributed by atoms with E-state index in [9.17, 15) is 0 Å². The van der Waals surface area contributed by atoms with Crippen molar-refractivity contribution in [2.24, 2.45) is 5.92 Å². The zero-order valence-electron chi connectivity index (χ0n) is 10.4. The molecule has 0 aromatic carbocycles. The lowest BCUT2D eigenvalue weighted by Crippen LogP contribution is -2.46. The first-order chi connectivity index (χ1) is 6.69. The second-order valence-corrected chi connectivity index (χ2v) is 5.04. The van der Waals surface area contributed by atoms with Crippen molar-refractivity contribution in [3.8, 4) is 0 Å². The number of unbranched alkanes of at least 4 members (excludes halogenated alkanes) is 1. The Labute approximate surface area is 89.9 Å². The highest BCUT2D eigenvalue weighted by Crippen LogP contribution is 2.29. The number of likely N-dealkylation sites (tertiary alicyclic amines) is 1. The molecule has 0 amide bonds. The summed E-state index contributed by atoms with van der Waals surface area (Å²) in [6.07, 6.45) is 6.91. The topological polar surface area (TPSA) is 3.24 Å². The molecule has 1 heterocycles. The molecule has 14 heavy (non-hydrogen) atoms. The van der Waals surface area contributed by atoms with Gasteiger partial charge >= 0.3 is 0 Å². The quantitative estimate of drug-likeness (QED) is 0.664. The fourth-order valence-electron chi connectivity index (χ4n) is 2.88. The molecule has 0 radical (unpaired) electrons. The van der Waals surface area contributed by atoms with Crippen molar-refractivity contribution in [2.45, 2.75) is 71.9 Å². The molecule has 0 aromatic heterocycles. The summed E-state index contributed by atoms with van der Waals surface area (Å²) in [6.45, 7) is 10.8. The highest BCUT2D eigenvalue weighted by atomic mass is 15.2. The van der Waals surface area contributed by atoms with E-state index in [1.165, 1.54) is 38.6 Å². The summed E-state index contributed by atoms with van der Waals surface area (Å²) in [4.78, 5) is 2.72. The Morgan fingerprint density at radius 1 is 1.07 bits per heavy atom. The van der Waals surface area contributed by atoms with Crippen molar-refractivity contribution in [2.75, 3.05) is 6.54 Å². The van der Waals surface area contributed by atoms with E-state index in [0.717, 1.165) is 18.0 Å². The monoisotopic (exact) mass is 197 g/mol. The highest BCUT2D eigenvalue weighted by molar-refractivity contribution is 4.83. The largest absolute Gasteiger partial charge is 0.298 e. The van der Waals surface area contributed by atoms with Gasteiger partial charge in [-0.25, -0.2) is 0 Å². The Kier molecular flexibility index (Phi) is 4.94. The van der Waals surface area contributed by atoms with Crippen molar-refractivity contribution < 1.29 is 0 Å². The summed E-state index contributed by atoms with van der Waals surface area (Å²) in [5.41, 5.74) is 0. The smallest absolute Gasteiger partial charge is 0.00723 e. The molecule has 1 saturated heterocycles. The predicted octanol–water partition coefficient (Wildman–Crippen LogP) is 3.69. The molecule has 0 N–H and O–H groups in total. The number of hydrogen-bond acceptors (Lipinski definition) is 1. The fourth-order valence-corrected chi connectivity index (χ4v) is 2.88. The molecule has 1 aliphatic rings. The van der Waals surface area contributed by atoms with Gasteiger partial charge in [-0.05, 0) is 45.6 Å². The molecule has 1 rings (SSSR count). The van der Waals surface area contributed by atoms with Crippen LogP contribution in [0.3, 0.4) is 0 Å². The number of hydrogen-bond donors (Lipinski definition) is 0. The average molecular weight is 197 g/mol. The summed E-state index contributed by atoms with van der Waals surface area (Å²) >= 11 is 0. The fraction of sp³-hybridized carbons (Fsp3) is 1.00. The number of nitrogens with zero attached hydrogens (tertiary/aromatic N) is 1. The molecule has 1 unspecified atom stereocenters. The zero-order valence-corrected chi connectivity index (χ0v) is 10.4. The van der Waals surface area contributed by atoms with Gasteiger partial charge in [-0.2, -0.15) is 0 Å². The molecule has 3 atom stereocenters. The second kappa shape index (κ2) is 5.75. The maximum atomic E-state index is 2.72. The van der Waals surface area contributed by atoms with Crippen molar-refractivity contribution in [3.63, 3.8) is 0 Å². The van der Waals surface area contributed by atoms with Crippen LogP contribution in [0.1, 0.15) is 59.8 Å². The van der Waals surface area contributed by atoms with Gasteiger partial charge in [-0.3, -0.25) is 4.90 Å². The summed E-state index contributed by atoms with van der Waals surface area (Å²) < 4.78 is 0. The van der Waals surface area contributed by atoms with E-state index in [-0.39, 0.29) is 0 Å². The van der Waals surface area contributed by atoms with Crippen LogP contribution in [-0.4, -0.2) is 23.5 Å². The summed E-state index contributed by atoms with van der Waals surface area (Å²) in [6, 6.07) is 1.63. The molecule has 1 fully saturated rings. The van der Waals surface area contributed by atoms with Crippen LogP contribution in [-0.2, 0) is 0 Å². The average Bonchev–Trinajstić information content (AvgIpc) is 2.16. The van der Waals surface area contributed by atoms with E-state index < -0.39 is 0 Å². The zero-order chi connectivity index (χ0) is 10.6. The highest BCUT2D eigenvalue weighted by Gasteiger charge is 2.28. The standard InChI is InChI=1S/C13H27N/c1-5-7-8-14-11(3)9-13(6-2)10-12(14)4/h11-13H,5-10H2,1-4H3/t11-,12+,13?. The van der Waals surface area contributed by atoms with Crippen molar-refractivity contribution >= 4 is 0 Å². The molecule has 0 saturated carbocycles. The normalized spacial score (nSPS) is 34.7. The molecule has 1 nitrogen and oxygen atoms in total. The van der Waals surface area contributed by atoms with Gasteiger partial charge in [0.1, 0.15) is 0 Å². The lowest BCUT2D eigenvalue weighted by atomic mass is 9.85. The maximum absolute atomic E-state index is 2.72. The first-order valence-electron chi connectivity index (χ1n) is 6.44. The van der Waals surface area contributed by atoms with E-state index in [4.69, 9.17) is 0 Å². The van der Waals surface area contributed by atoms with Crippen molar-refractivity contribution in [3.05, 3.63) is 0 Å². The lowest BCUT2D eigenvalue weighted by molar-refractivity contribution is 0.0676. The Balaban J connectivity index is 2.43. The molecule has 0 bridgehead atoms. The van der Waals surface area contributed by atoms with Crippen LogP contribution in [0.5, 0.6) is 0 Å². The first kappa shape index (κ1) is 12.0. The van der Waals surface area contributed by atoms with Crippen LogP contribution < -0.4 is 0 Å². The molecule has 0 spiro atoms. The Morgan fingerprint density at radius 3 is 2.07 bits per heavy atom. The minimum Gasteiger partial charge on any atom is -0.298 e. The van der Waals surface area contributed by atoms with Crippen LogP contribution in [0.25, 0.3) is 0 Å². The summed E-state index contributed by atoms with van der Waals surface area (Å²) in [5, 5.41) is 0. The number of piperidine rings is 1. The van der Waals surface area contributed by atoms with E-state index in [1.54, 1.807) is 0 Å². The van der Waals surface area contributed by atoms with Crippen molar-refractivity contribution in [1.29, 1.82) is 0 Å². The van der Waals surface area contributed by atoms with E-state index in [1.807, 2.05) is 0 Å². The summed E-state index contributed by atoms with van der Waals surface area (Å²) in [7, 11) is 0. The molecule has 1 aliphatic heterocycles. The van der Waals surface area contributed by atoms with Gasteiger partial charge in [0.05, 0.1) is 0 Å². The molecule has 0 aliphatic carbocycles. The third-order valence-corrected chi connectivity index (χ3v) is 3.83. The Morgan fingerprint density at radius 2 is 1.64 bits per heavy atom. The van der Waals surface area contributed by atoms with Gasteiger partial charge in [0.25, 0.3) is 0 Å². The van der Waals surface area contributed by atoms with Crippen molar-refractivity contribution in [1.82, 2.24) is 4.90 Å². The SMILES string of the molecule is CCCCN1[C@H](C)CC(CC)C[C@@H]1C. The second-order valence-electron chi connectivity index (χ2n) is 5.04. The third kappa shape index (κ3) is 2.98. The van der Waals surface area contributed by atoms with Gasteiger partial charge < -0.3 is 0 Å². The van der Waals surface area contributed by atoms with Gasteiger partial charge in [0.15, 0.2) is 0 Å². The van der Waals surface area contributed by atoms with Crippen LogP contribution in [0.15, 0.2) is 0 Å². The molecular formula is C13H27N. The molecule has 84 valence electrons. The van der Waals surface area contributed by atoms with E-state index in [0.29, 0.717) is 0 Å².